The third-order valence-electron chi connectivity index (χ3n) is 2.76. The summed E-state index contributed by atoms with van der Waals surface area (Å²) in [6.45, 7) is 1.69. The van der Waals surface area contributed by atoms with Crippen molar-refractivity contribution in [3.05, 3.63) is 29.6 Å². The summed E-state index contributed by atoms with van der Waals surface area (Å²) in [5.41, 5.74) is 5.21. The quantitative estimate of drug-likeness (QED) is 0.827. The number of benzene rings is 1. The van der Waals surface area contributed by atoms with Crippen LogP contribution in [0, 0.1) is 5.82 Å². The molecule has 92 valence electrons. The second-order valence-electron chi connectivity index (χ2n) is 4.10. The molecule has 17 heavy (non-hydrogen) atoms. The van der Waals surface area contributed by atoms with Gasteiger partial charge < -0.3 is 15.8 Å². The standard InChI is InChI=1S/C12H15FN2O2/c13-10-6-8(12(14)16)3-4-11(10)17-9-2-1-5-15-7-9/h3-4,6,9,15H,1-2,5,7H2,(H2,14,16). The lowest BCUT2D eigenvalue weighted by Crippen LogP contribution is -2.37. The SMILES string of the molecule is NC(=O)c1ccc(OC2CCCNC2)c(F)c1. The first-order valence-corrected chi connectivity index (χ1v) is 5.63. The molecular weight excluding hydrogens is 223 g/mol. The van der Waals surface area contributed by atoms with Gasteiger partial charge in [0.2, 0.25) is 5.91 Å². The van der Waals surface area contributed by atoms with Crippen LogP contribution in [0.2, 0.25) is 0 Å². The minimum absolute atomic E-state index is 0.0160. The van der Waals surface area contributed by atoms with E-state index in [9.17, 15) is 9.18 Å². The van der Waals surface area contributed by atoms with Gasteiger partial charge in [-0.1, -0.05) is 0 Å². The van der Waals surface area contributed by atoms with E-state index < -0.39 is 11.7 Å². The van der Waals surface area contributed by atoms with Gasteiger partial charge in [0.1, 0.15) is 6.10 Å². The van der Waals surface area contributed by atoms with Crippen LogP contribution in [0.1, 0.15) is 23.2 Å². The number of carbonyl (C=O) groups excluding carboxylic acids is 1. The van der Waals surface area contributed by atoms with Gasteiger partial charge in [0.15, 0.2) is 11.6 Å². The van der Waals surface area contributed by atoms with Crippen LogP contribution >= 0.6 is 0 Å². The number of rotatable bonds is 3. The highest BCUT2D eigenvalue weighted by Gasteiger charge is 2.16. The fraction of sp³-hybridized carbons (Fsp3) is 0.417. The summed E-state index contributed by atoms with van der Waals surface area (Å²) < 4.78 is 19.1. The third-order valence-corrected chi connectivity index (χ3v) is 2.76. The molecule has 0 aromatic heterocycles. The molecule has 1 aromatic carbocycles. The fourth-order valence-corrected chi connectivity index (χ4v) is 1.85. The highest BCUT2D eigenvalue weighted by Crippen LogP contribution is 2.21. The molecule has 2 rings (SSSR count). The van der Waals surface area contributed by atoms with E-state index in [2.05, 4.69) is 5.32 Å². The maximum atomic E-state index is 13.6. The van der Waals surface area contributed by atoms with E-state index in [0.29, 0.717) is 0 Å². The lowest BCUT2D eigenvalue weighted by molar-refractivity contribution is 0.0999. The predicted octanol–water partition coefficient (Wildman–Crippen LogP) is 1.06. The van der Waals surface area contributed by atoms with E-state index in [-0.39, 0.29) is 17.4 Å². The van der Waals surface area contributed by atoms with Gasteiger partial charge in [-0.15, -0.1) is 0 Å². The molecular formula is C12H15FN2O2. The van der Waals surface area contributed by atoms with E-state index >= 15 is 0 Å². The van der Waals surface area contributed by atoms with Crippen molar-refractivity contribution in [2.75, 3.05) is 13.1 Å². The molecule has 0 spiro atoms. The molecule has 4 nitrogen and oxygen atoms in total. The summed E-state index contributed by atoms with van der Waals surface area (Å²) in [6, 6.07) is 4.02. The normalized spacial score (nSPS) is 19.9. The van der Waals surface area contributed by atoms with Gasteiger partial charge >= 0.3 is 0 Å². The zero-order valence-corrected chi connectivity index (χ0v) is 9.41. The van der Waals surface area contributed by atoms with Gasteiger partial charge in [-0.05, 0) is 37.6 Å². The molecule has 1 aliphatic rings. The van der Waals surface area contributed by atoms with E-state index in [0.717, 1.165) is 32.0 Å². The Morgan fingerprint density at radius 2 is 2.35 bits per heavy atom. The molecule has 1 fully saturated rings. The van der Waals surface area contributed by atoms with Crippen molar-refractivity contribution in [1.82, 2.24) is 5.32 Å². The highest BCUT2D eigenvalue weighted by atomic mass is 19.1. The van der Waals surface area contributed by atoms with Crippen molar-refractivity contribution < 1.29 is 13.9 Å². The molecule has 1 amide bonds. The van der Waals surface area contributed by atoms with E-state index in [1.165, 1.54) is 12.1 Å². The molecule has 1 aromatic rings. The molecule has 0 bridgehead atoms. The van der Waals surface area contributed by atoms with Crippen molar-refractivity contribution in [1.29, 1.82) is 0 Å². The molecule has 1 saturated heterocycles. The van der Waals surface area contributed by atoms with Crippen LogP contribution in [-0.4, -0.2) is 25.1 Å². The Bertz CT molecular complexity index is 417. The lowest BCUT2D eigenvalue weighted by Gasteiger charge is -2.24. The summed E-state index contributed by atoms with van der Waals surface area (Å²) in [5.74, 6) is -1.02. The summed E-state index contributed by atoms with van der Waals surface area (Å²) in [7, 11) is 0. The Morgan fingerprint density at radius 3 is 2.94 bits per heavy atom. The topological polar surface area (TPSA) is 64.4 Å². The first-order chi connectivity index (χ1) is 8.16. The molecule has 5 heteroatoms. The Kier molecular flexibility index (Phi) is 3.58. The number of nitrogens with two attached hydrogens (primary N) is 1. The van der Waals surface area contributed by atoms with Crippen LogP contribution in [-0.2, 0) is 0 Å². The number of hydrogen-bond donors (Lipinski definition) is 2. The number of ether oxygens (including phenoxy) is 1. The zero-order chi connectivity index (χ0) is 12.3. The van der Waals surface area contributed by atoms with Gasteiger partial charge in [-0.25, -0.2) is 4.39 Å². The molecule has 1 unspecified atom stereocenters. The number of primary amides is 1. The summed E-state index contributed by atoms with van der Waals surface area (Å²) in [6.07, 6.45) is 1.91. The van der Waals surface area contributed by atoms with Crippen LogP contribution in [0.15, 0.2) is 18.2 Å². The van der Waals surface area contributed by atoms with Gasteiger partial charge in [0, 0.05) is 12.1 Å². The van der Waals surface area contributed by atoms with Crippen LogP contribution in [0.3, 0.4) is 0 Å². The number of piperidine rings is 1. The van der Waals surface area contributed by atoms with Crippen molar-refractivity contribution in [3.8, 4) is 5.75 Å². The van der Waals surface area contributed by atoms with Crippen LogP contribution in [0.5, 0.6) is 5.75 Å². The minimum atomic E-state index is -0.644. The minimum Gasteiger partial charge on any atom is -0.486 e. The second kappa shape index (κ2) is 5.14. The van der Waals surface area contributed by atoms with Crippen LogP contribution < -0.4 is 15.8 Å². The van der Waals surface area contributed by atoms with Gasteiger partial charge in [-0.3, -0.25) is 4.79 Å². The number of carbonyl (C=O) groups is 1. The average Bonchev–Trinajstić information content (AvgIpc) is 2.33. The maximum absolute atomic E-state index is 13.6. The van der Waals surface area contributed by atoms with Crippen molar-refractivity contribution >= 4 is 5.91 Å². The lowest BCUT2D eigenvalue weighted by atomic mass is 10.1. The van der Waals surface area contributed by atoms with Crippen molar-refractivity contribution in [2.24, 2.45) is 5.73 Å². The molecule has 0 saturated carbocycles. The average molecular weight is 238 g/mol. The molecule has 1 atom stereocenters. The molecule has 1 heterocycles. The molecule has 0 radical (unpaired) electrons. The summed E-state index contributed by atoms with van der Waals surface area (Å²) in [5, 5.41) is 3.18. The Labute approximate surface area is 98.9 Å². The highest BCUT2D eigenvalue weighted by molar-refractivity contribution is 5.92. The maximum Gasteiger partial charge on any atom is 0.248 e. The number of amides is 1. The predicted molar refractivity (Wildman–Crippen MR) is 61.4 cm³/mol. The van der Waals surface area contributed by atoms with Crippen LogP contribution in [0.4, 0.5) is 4.39 Å². The Balaban J connectivity index is 2.08. The smallest absolute Gasteiger partial charge is 0.248 e. The second-order valence-corrected chi connectivity index (χ2v) is 4.10. The van der Waals surface area contributed by atoms with E-state index in [4.69, 9.17) is 10.5 Å². The largest absolute Gasteiger partial charge is 0.486 e. The molecule has 3 N–H and O–H groups in total. The van der Waals surface area contributed by atoms with Crippen molar-refractivity contribution in [3.63, 3.8) is 0 Å². The third kappa shape index (κ3) is 2.94. The van der Waals surface area contributed by atoms with E-state index in [1.54, 1.807) is 0 Å². The van der Waals surface area contributed by atoms with Gasteiger partial charge in [0.25, 0.3) is 0 Å². The van der Waals surface area contributed by atoms with Crippen LogP contribution in [0.25, 0.3) is 0 Å². The number of halogens is 1. The number of nitrogens with one attached hydrogen (secondary N) is 1. The first kappa shape index (κ1) is 11.9. The first-order valence-electron chi connectivity index (χ1n) is 5.63. The summed E-state index contributed by atoms with van der Waals surface area (Å²) >= 11 is 0. The summed E-state index contributed by atoms with van der Waals surface area (Å²) in [4.78, 5) is 10.9. The Hall–Kier alpha value is -1.62. The van der Waals surface area contributed by atoms with Crippen molar-refractivity contribution in [2.45, 2.75) is 18.9 Å². The Morgan fingerprint density at radius 1 is 1.53 bits per heavy atom. The monoisotopic (exact) mass is 238 g/mol. The van der Waals surface area contributed by atoms with Gasteiger partial charge in [-0.2, -0.15) is 0 Å². The molecule has 1 aliphatic heterocycles. The molecule has 0 aliphatic carbocycles. The van der Waals surface area contributed by atoms with E-state index in [1.807, 2.05) is 0 Å². The number of hydrogen-bond acceptors (Lipinski definition) is 3. The fourth-order valence-electron chi connectivity index (χ4n) is 1.85. The van der Waals surface area contributed by atoms with Gasteiger partial charge in [0.05, 0.1) is 0 Å². The zero-order valence-electron chi connectivity index (χ0n) is 9.41.